The number of piperidine rings is 1. The molecular weight excluding hydrogens is 244 g/mol. The van der Waals surface area contributed by atoms with Gasteiger partial charge in [0.15, 0.2) is 0 Å². The molecule has 0 spiro atoms. The Hall–Kier alpha value is -0.860. The quantitative estimate of drug-likeness (QED) is 0.902. The Morgan fingerprint density at radius 3 is 2.40 bits per heavy atom. The van der Waals surface area contributed by atoms with Gasteiger partial charge in [0.2, 0.25) is 0 Å². The number of benzene rings is 1. The highest BCUT2D eigenvalue weighted by Gasteiger charge is 2.21. The third-order valence-corrected chi connectivity index (χ3v) is 4.28. The van der Waals surface area contributed by atoms with Crippen LogP contribution in [0, 0.1) is 12.8 Å². The van der Waals surface area contributed by atoms with Gasteiger partial charge in [-0.25, -0.2) is 0 Å². The van der Waals surface area contributed by atoms with E-state index in [2.05, 4.69) is 62.2 Å². The molecule has 20 heavy (non-hydrogen) atoms. The maximum atomic E-state index is 3.65. The molecule has 1 N–H and O–H groups in total. The van der Waals surface area contributed by atoms with E-state index in [1.54, 1.807) is 0 Å². The Morgan fingerprint density at radius 2 is 1.80 bits per heavy atom. The Balaban J connectivity index is 1.76. The summed E-state index contributed by atoms with van der Waals surface area (Å²) >= 11 is 0. The topological polar surface area (TPSA) is 15.3 Å². The van der Waals surface area contributed by atoms with Crippen LogP contribution in [-0.2, 0) is 6.54 Å². The first-order chi connectivity index (χ1) is 9.44. The zero-order chi connectivity index (χ0) is 14.6. The van der Waals surface area contributed by atoms with E-state index >= 15 is 0 Å². The standard InChI is InChI=1S/C18H30N2/c1-15-7-5-6-8-17(15)14-20-11-9-16(10-12-20)13-19-18(2,3)4/h5-8,16,19H,9-14H2,1-4H3. The number of nitrogens with one attached hydrogen (secondary N) is 1. The molecule has 112 valence electrons. The summed E-state index contributed by atoms with van der Waals surface area (Å²) in [5.74, 6) is 0.849. The molecule has 0 aromatic heterocycles. The van der Waals surface area contributed by atoms with Gasteiger partial charge in [0, 0.05) is 12.1 Å². The van der Waals surface area contributed by atoms with Gasteiger partial charge < -0.3 is 5.32 Å². The molecule has 2 rings (SSSR count). The molecule has 1 aliphatic rings. The highest BCUT2D eigenvalue weighted by molar-refractivity contribution is 5.25. The number of hydrogen-bond acceptors (Lipinski definition) is 2. The highest BCUT2D eigenvalue weighted by atomic mass is 15.1. The van der Waals surface area contributed by atoms with E-state index in [1.165, 1.54) is 43.6 Å². The number of rotatable bonds is 4. The van der Waals surface area contributed by atoms with Gasteiger partial charge in [-0.2, -0.15) is 0 Å². The molecule has 0 radical (unpaired) electrons. The molecule has 1 fully saturated rings. The fraction of sp³-hybridized carbons (Fsp3) is 0.667. The molecule has 1 aromatic carbocycles. The van der Waals surface area contributed by atoms with E-state index in [1.807, 2.05) is 0 Å². The van der Waals surface area contributed by atoms with Crippen molar-refractivity contribution >= 4 is 0 Å². The predicted molar refractivity (Wildman–Crippen MR) is 86.9 cm³/mol. The molecule has 0 saturated carbocycles. The predicted octanol–water partition coefficient (Wildman–Crippen LogP) is 3.60. The van der Waals surface area contributed by atoms with Crippen LogP contribution < -0.4 is 5.32 Å². The molecule has 0 bridgehead atoms. The van der Waals surface area contributed by atoms with Crippen LogP contribution in [0.4, 0.5) is 0 Å². The Bertz CT molecular complexity index is 412. The van der Waals surface area contributed by atoms with Crippen LogP contribution in [0.25, 0.3) is 0 Å². The number of aryl methyl sites for hydroxylation is 1. The van der Waals surface area contributed by atoms with Crippen LogP contribution in [-0.4, -0.2) is 30.1 Å². The van der Waals surface area contributed by atoms with Crippen molar-refractivity contribution < 1.29 is 0 Å². The van der Waals surface area contributed by atoms with Gasteiger partial charge in [0.05, 0.1) is 0 Å². The average Bonchev–Trinajstić information content (AvgIpc) is 2.40. The highest BCUT2D eigenvalue weighted by Crippen LogP contribution is 2.20. The summed E-state index contributed by atoms with van der Waals surface area (Å²) in [6.07, 6.45) is 2.66. The molecular formula is C18H30N2. The van der Waals surface area contributed by atoms with E-state index in [0.29, 0.717) is 0 Å². The third kappa shape index (κ3) is 4.92. The van der Waals surface area contributed by atoms with Crippen LogP contribution in [0.15, 0.2) is 24.3 Å². The summed E-state index contributed by atoms with van der Waals surface area (Å²) in [6.45, 7) is 13.7. The first kappa shape index (κ1) is 15.5. The molecule has 1 heterocycles. The van der Waals surface area contributed by atoms with Crippen molar-refractivity contribution in [1.82, 2.24) is 10.2 Å². The van der Waals surface area contributed by atoms with Crippen LogP contribution in [0.3, 0.4) is 0 Å². The Labute approximate surface area is 124 Å². The largest absolute Gasteiger partial charge is 0.312 e. The molecule has 0 aliphatic carbocycles. The minimum atomic E-state index is 0.248. The fourth-order valence-electron chi connectivity index (χ4n) is 2.83. The van der Waals surface area contributed by atoms with Gasteiger partial charge in [-0.1, -0.05) is 24.3 Å². The van der Waals surface area contributed by atoms with Gasteiger partial charge in [-0.05, 0) is 77.2 Å². The summed E-state index contributed by atoms with van der Waals surface area (Å²) in [5, 5.41) is 3.65. The van der Waals surface area contributed by atoms with E-state index in [9.17, 15) is 0 Å². The monoisotopic (exact) mass is 274 g/mol. The van der Waals surface area contributed by atoms with Crippen LogP contribution in [0.5, 0.6) is 0 Å². The third-order valence-electron chi connectivity index (χ3n) is 4.28. The van der Waals surface area contributed by atoms with Gasteiger partial charge in [-0.15, -0.1) is 0 Å². The van der Waals surface area contributed by atoms with Crippen LogP contribution in [0.1, 0.15) is 44.7 Å². The average molecular weight is 274 g/mol. The van der Waals surface area contributed by atoms with Gasteiger partial charge >= 0.3 is 0 Å². The van der Waals surface area contributed by atoms with Crippen molar-refractivity contribution in [2.45, 2.75) is 52.6 Å². The lowest BCUT2D eigenvalue weighted by Gasteiger charge is -2.34. The van der Waals surface area contributed by atoms with Gasteiger partial charge in [0.1, 0.15) is 0 Å². The van der Waals surface area contributed by atoms with Crippen molar-refractivity contribution in [3.05, 3.63) is 35.4 Å². The first-order valence-corrected chi connectivity index (χ1v) is 7.96. The second-order valence-electron chi connectivity index (χ2n) is 7.28. The van der Waals surface area contributed by atoms with E-state index in [4.69, 9.17) is 0 Å². The summed E-state index contributed by atoms with van der Waals surface area (Å²) in [4.78, 5) is 2.61. The smallest absolute Gasteiger partial charge is 0.0236 e. The summed E-state index contributed by atoms with van der Waals surface area (Å²) in [7, 11) is 0. The van der Waals surface area contributed by atoms with E-state index in [-0.39, 0.29) is 5.54 Å². The Kier molecular flexibility index (Phi) is 5.22. The minimum Gasteiger partial charge on any atom is -0.312 e. The second kappa shape index (κ2) is 6.73. The lowest BCUT2D eigenvalue weighted by Crippen LogP contribution is -2.42. The maximum Gasteiger partial charge on any atom is 0.0236 e. The molecule has 0 amide bonds. The molecule has 0 unspecified atom stereocenters. The zero-order valence-electron chi connectivity index (χ0n) is 13.6. The maximum absolute atomic E-state index is 3.65. The van der Waals surface area contributed by atoms with E-state index in [0.717, 1.165) is 12.5 Å². The fourth-order valence-corrected chi connectivity index (χ4v) is 2.83. The summed E-state index contributed by atoms with van der Waals surface area (Å²) in [5.41, 5.74) is 3.15. The molecule has 2 nitrogen and oxygen atoms in total. The first-order valence-electron chi connectivity index (χ1n) is 7.96. The second-order valence-corrected chi connectivity index (χ2v) is 7.28. The number of nitrogens with zero attached hydrogens (tertiary/aromatic N) is 1. The van der Waals surface area contributed by atoms with Crippen molar-refractivity contribution in [2.75, 3.05) is 19.6 Å². The van der Waals surface area contributed by atoms with Crippen LogP contribution in [0.2, 0.25) is 0 Å². The zero-order valence-corrected chi connectivity index (χ0v) is 13.6. The molecule has 1 saturated heterocycles. The Morgan fingerprint density at radius 1 is 1.15 bits per heavy atom. The van der Waals surface area contributed by atoms with Crippen molar-refractivity contribution in [3.8, 4) is 0 Å². The number of hydrogen-bond donors (Lipinski definition) is 1. The van der Waals surface area contributed by atoms with Crippen LogP contribution >= 0.6 is 0 Å². The molecule has 1 aliphatic heterocycles. The summed E-state index contributed by atoms with van der Waals surface area (Å²) < 4.78 is 0. The minimum absolute atomic E-state index is 0.248. The lowest BCUT2D eigenvalue weighted by molar-refractivity contribution is 0.170. The van der Waals surface area contributed by atoms with Crippen molar-refractivity contribution in [2.24, 2.45) is 5.92 Å². The van der Waals surface area contributed by atoms with E-state index < -0.39 is 0 Å². The van der Waals surface area contributed by atoms with Crippen molar-refractivity contribution in [1.29, 1.82) is 0 Å². The lowest BCUT2D eigenvalue weighted by atomic mass is 9.95. The van der Waals surface area contributed by atoms with Gasteiger partial charge in [0.25, 0.3) is 0 Å². The van der Waals surface area contributed by atoms with Crippen molar-refractivity contribution in [3.63, 3.8) is 0 Å². The normalized spacial score (nSPS) is 18.4. The SMILES string of the molecule is Cc1ccccc1CN1CCC(CNC(C)(C)C)CC1. The molecule has 2 heteroatoms. The molecule has 1 aromatic rings. The van der Waals surface area contributed by atoms with Gasteiger partial charge in [-0.3, -0.25) is 4.90 Å². The summed E-state index contributed by atoms with van der Waals surface area (Å²) in [6, 6.07) is 8.77. The molecule has 0 atom stereocenters. The number of likely N-dealkylation sites (tertiary alicyclic amines) is 1.